The molecule has 0 radical (unpaired) electrons. The summed E-state index contributed by atoms with van der Waals surface area (Å²) in [5, 5.41) is 2.74. The van der Waals surface area contributed by atoms with E-state index in [1.54, 1.807) is 0 Å². The van der Waals surface area contributed by atoms with Crippen molar-refractivity contribution in [2.75, 3.05) is 11.9 Å². The molecule has 0 aromatic heterocycles. The number of amides is 1. The number of hydrogen-bond donors (Lipinski definition) is 2. The maximum atomic E-state index is 11.7. The Bertz CT molecular complexity index is 414. The molecule has 0 spiro atoms. The lowest BCUT2D eigenvalue weighted by molar-refractivity contribution is 0.128. The summed E-state index contributed by atoms with van der Waals surface area (Å²) in [6, 6.07) is 7.50. The predicted molar refractivity (Wildman–Crippen MR) is 75.9 cm³/mol. The largest absolute Gasteiger partial charge is 0.449 e. The molecule has 0 unspecified atom stereocenters. The Morgan fingerprint density at radius 3 is 2.84 bits per heavy atom. The zero-order valence-corrected chi connectivity index (χ0v) is 11.2. The van der Waals surface area contributed by atoms with Crippen LogP contribution in [0.4, 0.5) is 10.5 Å². The monoisotopic (exact) mass is 262 g/mol. The van der Waals surface area contributed by atoms with E-state index in [1.807, 2.05) is 24.3 Å². The maximum absolute atomic E-state index is 11.7. The van der Waals surface area contributed by atoms with E-state index in [9.17, 15) is 4.79 Å². The Labute approximate surface area is 114 Å². The smallest absolute Gasteiger partial charge is 0.411 e. The fraction of sp³-hybridized carbons (Fsp3) is 0.533. The van der Waals surface area contributed by atoms with Crippen LogP contribution in [-0.2, 0) is 11.3 Å². The van der Waals surface area contributed by atoms with Crippen molar-refractivity contribution in [3.63, 3.8) is 0 Å². The predicted octanol–water partition coefficient (Wildman–Crippen LogP) is 3.27. The first-order chi connectivity index (χ1) is 9.28. The van der Waals surface area contributed by atoms with Crippen molar-refractivity contribution < 1.29 is 9.53 Å². The van der Waals surface area contributed by atoms with E-state index in [0.29, 0.717) is 19.1 Å². The average molecular weight is 262 g/mol. The molecule has 19 heavy (non-hydrogen) atoms. The van der Waals surface area contributed by atoms with Crippen LogP contribution >= 0.6 is 0 Å². The summed E-state index contributed by atoms with van der Waals surface area (Å²) >= 11 is 0. The molecule has 4 heteroatoms. The van der Waals surface area contributed by atoms with E-state index in [0.717, 1.165) is 11.3 Å². The summed E-state index contributed by atoms with van der Waals surface area (Å²) in [4.78, 5) is 11.7. The van der Waals surface area contributed by atoms with Gasteiger partial charge < -0.3 is 10.5 Å². The van der Waals surface area contributed by atoms with Gasteiger partial charge in [0.15, 0.2) is 0 Å². The lowest BCUT2D eigenvalue weighted by atomic mass is 9.90. The van der Waals surface area contributed by atoms with Crippen LogP contribution in [0.25, 0.3) is 0 Å². The minimum Gasteiger partial charge on any atom is -0.449 e. The number of anilines is 1. The van der Waals surface area contributed by atoms with Crippen LogP contribution in [0.5, 0.6) is 0 Å². The van der Waals surface area contributed by atoms with Gasteiger partial charge in [-0.2, -0.15) is 0 Å². The van der Waals surface area contributed by atoms with Gasteiger partial charge in [0.2, 0.25) is 0 Å². The summed E-state index contributed by atoms with van der Waals surface area (Å²) in [5.41, 5.74) is 7.29. The molecule has 1 aliphatic carbocycles. The van der Waals surface area contributed by atoms with Crippen LogP contribution in [0.15, 0.2) is 24.3 Å². The molecular formula is C15H22N2O2. The van der Waals surface area contributed by atoms with Gasteiger partial charge in [-0.25, -0.2) is 4.79 Å². The number of benzene rings is 1. The molecule has 1 saturated carbocycles. The van der Waals surface area contributed by atoms with Crippen molar-refractivity contribution >= 4 is 11.8 Å². The molecule has 1 amide bonds. The second kappa shape index (κ2) is 7.14. The molecule has 0 aliphatic heterocycles. The number of carbonyl (C=O) groups excluding carboxylic acids is 1. The highest BCUT2D eigenvalue weighted by atomic mass is 16.5. The minimum absolute atomic E-state index is 0.375. The van der Waals surface area contributed by atoms with Crippen molar-refractivity contribution in [3.05, 3.63) is 29.8 Å². The van der Waals surface area contributed by atoms with Gasteiger partial charge >= 0.3 is 6.09 Å². The van der Waals surface area contributed by atoms with Crippen LogP contribution in [0, 0.1) is 5.92 Å². The van der Waals surface area contributed by atoms with Crippen molar-refractivity contribution in [1.29, 1.82) is 0 Å². The molecule has 1 fully saturated rings. The van der Waals surface area contributed by atoms with Crippen molar-refractivity contribution in [3.8, 4) is 0 Å². The van der Waals surface area contributed by atoms with Gasteiger partial charge in [0, 0.05) is 12.2 Å². The Morgan fingerprint density at radius 1 is 1.32 bits per heavy atom. The van der Waals surface area contributed by atoms with Gasteiger partial charge in [0.25, 0.3) is 0 Å². The minimum atomic E-state index is -0.375. The van der Waals surface area contributed by atoms with E-state index in [1.165, 1.54) is 32.1 Å². The average Bonchev–Trinajstić information content (AvgIpc) is 2.46. The summed E-state index contributed by atoms with van der Waals surface area (Å²) in [7, 11) is 0. The number of hydrogen-bond acceptors (Lipinski definition) is 3. The Balaban J connectivity index is 1.76. The molecule has 0 saturated heterocycles. The maximum Gasteiger partial charge on any atom is 0.411 e. The Hall–Kier alpha value is -1.55. The molecule has 3 N–H and O–H groups in total. The fourth-order valence-electron chi connectivity index (χ4n) is 2.48. The first-order valence-electron chi connectivity index (χ1n) is 7.00. The number of carbonyl (C=O) groups is 1. The van der Waals surface area contributed by atoms with Gasteiger partial charge in [-0.15, -0.1) is 0 Å². The van der Waals surface area contributed by atoms with Gasteiger partial charge in [-0.05, 0) is 36.5 Å². The molecule has 0 atom stereocenters. The Kier molecular flexibility index (Phi) is 5.21. The first kappa shape index (κ1) is 13.9. The third-order valence-electron chi connectivity index (χ3n) is 3.58. The second-order valence-electron chi connectivity index (χ2n) is 5.13. The highest BCUT2D eigenvalue weighted by Gasteiger charge is 2.15. The Morgan fingerprint density at radius 2 is 2.11 bits per heavy atom. The van der Waals surface area contributed by atoms with Gasteiger partial charge in [0.1, 0.15) is 0 Å². The fourth-order valence-corrected chi connectivity index (χ4v) is 2.48. The molecule has 104 valence electrons. The van der Waals surface area contributed by atoms with Crippen LogP contribution in [-0.4, -0.2) is 12.7 Å². The zero-order chi connectivity index (χ0) is 13.5. The summed E-state index contributed by atoms with van der Waals surface area (Å²) in [6.07, 6.45) is 5.81. The van der Waals surface area contributed by atoms with E-state index in [-0.39, 0.29) is 6.09 Å². The van der Waals surface area contributed by atoms with E-state index in [4.69, 9.17) is 10.5 Å². The second-order valence-corrected chi connectivity index (χ2v) is 5.13. The molecule has 1 aromatic carbocycles. The molecule has 4 nitrogen and oxygen atoms in total. The highest BCUT2D eigenvalue weighted by molar-refractivity contribution is 5.84. The van der Waals surface area contributed by atoms with E-state index >= 15 is 0 Å². The highest BCUT2D eigenvalue weighted by Crippen LogP contribution is 2.23. The summed E-state index contributed by atoms with van der Waals surface area (Å²) < 4.78 is 5.28. The number of rotatable bonds is 4. The van der Waals surface area contributed by atoms with Crippen LogP contribution in [0.2, 0.25) is 0 Å². The SMILES string of the molecule is NCc1cccc(NC(=O)OCC2CCCCC2)c1. The number of nitrogens with one attached hydrogen (secondary N) is 1. The molecular weight excluding hydrogens is 240 g/mol. The van der Waals surface area contributed by atoms with Gasteiger partial charge in [-0.3, -0.25) is 5.32 Å². The first-order valence-corrected chi connectivity index (χ1v) is 7.00. The van der Waals surface area contributed by atoms with Gasteiger partial charge in [-0.1, -0.05) is 31.4 Å². The number of nitrogens with two attached hydrogens (primary N) is 1. The van der Waals surface area contributed by atoms with Crippen molar-refractivity contribution in [2.45, 2.75) is 38.6 Å². The standard InChI is InChI=1S/C15H22N2O2/c16-10-13-7-4-8-14(9-13)17-15(18)19-11-12-5-2-1-3-6-12/h4,7-9,12H,1-3,5-6,10-11,16H2,(H,17,18). The number of ether oxygens (including phenoxy) is 1. The quantitative estimate of drug-likeness (QED) is 0.875. The molecule has 0 heterocycles. The van der Waals surface area contributed by atoms with Crippen LogP contribution in [0.1, 0.15) is 37.7 Å². The summed E-state index contributed by atoms with van der Waals surface area (Å²) in [5.74, 6) is 0.537. The third kappa shape index (κ3) is 4.56. The topological polar surface area (TPSA) is 64.3 Å². The lowest BCUT2D eigenvalue weighted by Crippen LogP contribution is -2.20. The summed E-state index contributed by atoms with van der Waals surface area (Å²) in [6.45, 7) is 0.995. The molecule has 0 bridgehead atoms. The van der Waals surface area contributed by atoms with Crippen LogP contribution < -0.4 is 11.1 Å². The van der Waals surface area contributed by atoms with E-state index in [2.05, 4.69) is 5.32 Å². The van der Waals surface area contributed by atoms with Crippen LogP contribution in [0.3, 0.4) is 0 Å². The molecule has 1 aromatic rings. The van der Waals surface area contributed by atoms with Crippen molar-refractivity contribution in [2.24, 2.45) is 11.7 Å². The van der Waals surface area contributed by atoms with Gasteiger partial charge in [0.05, 0.1) is 6.61 Å². The van der Waals surface area contributed by atoms with E-state index < -0.39 is 0 Å². The molecule has 1 aliphatic rings. The molecule has 2 rings (SSSR count). The normalized spacial score (nSPS) is 16.1. The lowest BCUT2D eigenvalue weighted by Gasteiger charge is -2.21. The third-order valence-corrected chi connectivity index (χ3v) is 3.58. The van der Waals surface area contributed by atoms with Crippen molar-refractivity contribution in [1.82, 2.24) is 0 Å². The zero-order valence-electron chi connectivity index (χ0n) is 11.2.